The number of hydrogen-bond donors (Lipinski definition) is 1. The van der Waals surface area contributed by atoms with Crippen molar-refractivity contribution < 1.29 is 9.47 Å². The highest BCUT2D eigenvalue weighted by atomic mass is 16.5. The molecule has 2 fully saturated rings. The molecule has 3 rings (SSSR count). The van der Waals surface area contributed by atoms with Crippen molar-refractivity contribution in [2.45, 2.75) is 37.8 Å². The van der Waals surface area contributed by atoms with Crippen molar-refractivity contribution in [3.8, 4) is 6.01 Å². The van der Waals surface area contributed by atoms with Crippen LogP contribution in [-0.2, 0) is 4.74 Å². The number of nitrogens with zero attached hydrogens (tertiary/aromatic N) is 4. The standard InChI is InChI=1S/C12H19N5O2/c1-18-12-15-10(13)14-11(16-12)17-6-7-19-9-5-3-2-4-8(9)17/h8-9H,2-7H2,1H3,(H2,13,14,15,16). The van der Waals surface area contributed by atoms with E-state index in [1.165, 1.54) is 20.0 Å². The molecular formula is C12H19N5O2. The van der Waals surface area contributed by atoms with Gasteiger partial charge in [-0.25, -0.2) is 0 Å². The Hall–Kier alpha value is -1.63. The Kier molecular flexibility index (Phi) is 3.37. The summed E-state index contributed by atoms with van der Waals surface area (Å²) in [4.78, 5) is 14.7. The molecule has 19 heavy (non-hydrogen) atoms. The van der Waals surface area contributed by atoms with E-state index in [4.69, 9.17) is 15.2 Å². The lowest BCUT2D eigenvalue weighted by molar-refractivity contribution is -0.00936. The molecule has 2 N–H and O–H groups in total. The highest BCUT2D eigenvalue weighted by Gasteiger charge is 2.35. The van der Waals surface area contributed by atoms with E-state index in [-0.39, 0.29) is 18.1 Å². The van der Waals surface area contributed by atoms with Gasteiger partial charge in [0.05, 0.1) is 25.9 Å². The van der Waals surface area contributed by atoms with Gasteiger partial charge in [0, 0.05) is 6.54 Å². The molecule has 1 saturated carbocycles. The lowest BCUT2D eigenvalue weighted by Crippen LogP contribution is -2.53. The maximum Gasteiger partial charge on any atom is 0.322 e. The van der Waals surface area contributed by atoms with E-state index in [9.17, 15) is 0 Å². The van der Waals surface area contributed by atoms with Crippen molar-refractivity contribution in [3.63, 3.8) is 0 Å². The van der Waals surface area contributed by atoms with Crippen molar-refractivity contribution in [1.82, 2.24) is 15.0 Å². The monoisotopic (exact) mass is 265 g/mol. The first-order chi connectivity index (χ1) is 9.28. The van der Waals surface area contributed by atoms with Gasteiger partial charge in [-0.1, -0.05) is 12.8 Å². The van der Waals surface area contributed by atoms with E-state index in [2.05, 4.69) is 19.9 Å². The third kappa shape index (κ3) is 2.42. The second kappa shape index (κ2) is 5.16. The molecule has 0 bridgehead atoms. The van der Waals surface area contributed by atoms with Crippen LogP contribution in [0.3, 0.4) is 0 Å². The summed E-state index contributed by atoms with van der Waals surface area (Å²) in [5, 5.41) is 0. The average Bonchev–Trinajstić information content (AvgIpc) is 2.46. The smallest absolute Gasteiger partial charge is 0.322 e. The number of hydrogen-bond acceptors (Lipinski definition) is 7. The number of morpholine rings is 1. The Balaban J connectivity index is 1.89. The topological polar surface area (TPSA) is 86.4 Å². The fraction of sp³-hybridized carbons (Fsp3) is 0.750. The molecule has 1 aromatic heterocycles. The Bertz CT molecular complexity index is 454. The fourth-order valence-electron chi connectivity index (χ4n) is 2.93. The summed E-state index contributed by atoms with van der Waals surface area (Å²) in [6.07, 6.45) is 4.96. The summed E-state index contributed by atoms with van der Waals surface area (Å²) in [6, 6.07) is 0.607. The number of ether oxygens (including phenoxy) is 2. The number of nitrogens with two attached hydrogens (primary N) is 1. The Labute approximate surface area is 112 Å². The van der Waals surface area contributed by atoms with E-state index in [1.54, 1.807) is 0 Å². The largest absolute Gasteiger partial charge is 0.467 e. The molecule has 1 saturated heterocycles. The van der Waals surface area contributed by atoms with E-state index in [0.29, 0.717) is 18.6 Å². The van der Waals surface area contributed by atoms with Crippen molar-refractivity contribution in [1.29, 1.82) is 0 Å². The quantitative estimate of drug-likeness (QED) is 0.838. The minimum absolute atomic E-state index is 0.195. The van der Waals surface area contributed by atoms with Crippen LogP contribution in [0.1, 0.15) is 25.7 Å². The van der Waals surface area contributed by atoms with Crippen LogP contribution in [0.25, 0.3) is 0 Å². The maximum absolute atomic E-state index is 5.85. The van der Waals surface area contributed by atoms with Gasteiger partial charge in [0.2, 0.25) is 11.9 Å². The van der Waals surface area contributed by atoms with E-state index >= 15 is 0 Å². The minimum Gasteiger partial charge on any atom is -0.467 e. The molecule has 1 aromatic rings. The zero-order chi connectivity index (χ0) is 13.2. The molecule has 7 heteroatoms. The van der Waals surface area contributed by atoms with Gasteiger partial charge in [-0.15, -0.1) is 0 Å². The normalized spacial score (nSPS) is 26.9. The number of rotatable bonds is 2. The van der Waals surface area contributed by atoms with Crippen LogP contribution < -0.4 is 15.4 Å². The van der Waals surface area contributed by atoms with Crippen LogP contribution in [0, 0.1) is 0 Å². The van der Waals surface area contributed by atoms with Gasteiger partial charge in [0.25, 0.3) is 0 Å². The summed E-state index contributed by atoms with van der Waals surface area (Å²) in [5.74, 6) is 0.797. The molecule has 0 amide bonds. The zero-order valence-electron chi connectivity index (χ0n) is 11.1. The SMILES string of the molecule is COc1nc(N)nc(N2CCOC3CCCCC32)n1. The molecular weight excluding hydrogens is 246 g/mol. The minimum atomic E-state index is 0.195. The maximum atomic E-state index is 5.85. The molecule has 1 aliphatic carbocycles. The summed E-state index contributed by atoms with van der Waals surface area (Å²) in [7, 11) is 1.53. The molecule has 104 valence electrons. The second-order valence-electron chi connectivity index (χ2n) is 4.93. The molecule has 0 radical (unpaired) electrons. The van der Waals surface area contributed by atoms with Gasteiger partial charge >= 0.3 is 6.01 Å². The molecule has 2 heterocycles. The molecule has 2 unspecified atom stereocenters. The fourth-order valence-corrected chi connectivity index (χ4v) is 2.93. The van der Waals surface area contributed by atoms with Crippen LogP contribution in [-0.4, -0.2) is 47.4 Å². The first kappa shape index (κ1) is 12.4. The van der Waals surface area contributed by atoms with Crippen molar-refractivity contribution in [2.24, 2.45) is 0 Å². The average molecular weight is 265 g/mol. The van der Waals surface area contributed by atoms with Gasteiger partial charge in [-0.05, 0) is 12.8 Å². The molecule has 7 nitrogen and oxygen atoms in total. The Morgan fingerprint density at radius 2 is 2.11 bits per heavy atom. The van der Waals surface area contributed by atoms with Gasteiger partial charge < -0.3 is 20.1 Å². The van der Waals surface area contributed by atoms with E-state index in [0.717, 1.165) is 19.4 Å². The van der Waals surface area contributed by atoms with Crippen molar-refractivity contribution >= 4 is 11.9 Å². The van der Waals surface area contributed by atoms with Gasteiger partial charge in [-0.2, -0.15) is 15.0 Å². The summed E-state index contributed by atoms with van der Waals surface area (Å²) >= 11 is 0. The number of methoxy groups -OCH3 is 1. The highest BCUT2D eigenvalue weighted by Crippen LogP contribution is 2.30. The lowest BCUT2D eigenvalue weighted by Gasteiger charge is -2.43. The molecule has 2 atom stereocenters. The predicted molar refractivity (Wildman–Crippen MR) is 70.1 cm³/mol. The van der Waals surface area contributed by atoms with Crippen LogP contribution in [0.4, 0.5) is 11.9 Å². The number of aromatic nitrogens is 3. The highest BCUT2D eigenvalue weighted by molar-refractivity contribution is 5.38. The third-order valence-corrected chi connectivity index (χ3v) is 3.79. The Morgan fingerprint density at radius 3 is 2.95 bits per heavy atom. The van der Waals surface area contributed by atoms with Gasteiger partial charge in [-0.3, -0.25) is 0 Å². The van der Waals surface area contributed by atoms with E-state index in [1.807, 2.05) is 0 Å². The van der Waals surface area contributed by atoms with Crippen LogP contribution >= 0.6 is 0 Å². The molecule has 0 aromatic carbocycles. The van der Waals surface area contributed by atoms with Gasteiger partial charge in [0.1, 0.15) is 0 Å². The number of nitrogen functional groups attached to an aromatic ring is 1. The first-order valence-electron chi connectivity index (χ1n) is 6.71. The molecule has 1 aliphatic heterocycles. The lowest BCUT2D eigenvalue weighted by atomic mass is 9.90. The van der Waals surface area contributed by atoms with Crippen LogP contribution in [0.2, 0.25) is 0 Å². The summed E-state index contributed by atoms with van der Waals surface area (Å²) in [6.45, 7) is 1.49. The molecule has 0 spiro atoms. The van der Waals surface area contributed by atoms with Gasteiger partial charge in [0.15, 0.2) is 0 Å². The number of anilines is 2. The summed E-state index contributed by atoms with van der Waals surface area (Å²) < 4.78 is 10.9. The Morgan fingerprint density at radius 1 is 1.26 bits per heavy atom. The zero-order valence-corrected chi connectivity index (χ0v) is 11.1. The first-order valence-corrected chi connectivity index (χ1v) is 6.71. The van der Waals surface area contributed by atoms with E-state index < -0.39 is 0 Å². The summed E-state index contributed by atoms with van der Waals surface area (Å²) in [5.41, 5.74) is 5.71. The number of fused-ring (bicyclic) bond motifs is 1. The third-order valence-electron chi connectivity index (χ3n) is 3.79. The second-order valence-corrected chi connectivity index (χ2v) is 4.93. The molecule has 2 aliphatic rings. The predicted octanol–water partition coefficient (Wildman–Crippen LogP) is 0.610. The van der Waals surface area contributed by atoms with Crippen molar-refractivity contribution in [2.75, 3.05) is 30.9 Å². The van der Waals surface area contributed by atoms with Crippen LogP contribution in [0.15, 0.2) is 0 Å². The van der Waals surface area contributed by atoms with Crippen molar-refractivity contribution in [3.05, 3.63) is 0 Å². The van der Waals surface area contributed by atoms with Crippen LogP contribution in [0.5, 0.6) is 6.01 Å².